The maximum absolute atomic E-state index is 10.8. The lowest BCUT2D eigenvalue weighted by atomic mass is 9.98. The fourth-order valence-electron chi connectivity index (χ4n) is 3.15. The summed E-state index contributed by atoms with van der Waals surface area (Å²) in [7, 11) is 0. The Bertz CT molecular complexity index is 655. The summed E-state index contributed by atoms with van der Waals surface area (Å²) in [6, 6.07) is 6.50. The molecule has 1 heterocycles. The summed E-state index contributed by atoms with van der Waals surface area (Å²) >= 11 is 0. The number of hydrogen-bond acceptors (Lipinski definition) is 4. The number of nitro groups is 1. The first-order valence-corrected chi connectivity index (χ1v) is 9.54. The Morgan fingerprint density at radius 1 is 1.25 bits per heavy atom. The molecular weight excluding hydrogens is 469 g/mol. The minimum absolute atomic E-state index is 0. The number of benzene rings is 1. The second-order valence-corrected chi connectivity index (χ2v) is 7.47. The smallest absolute Gasteiger partial charge is 0.269 e. The zero-order valence-corrected chi connectivity index (χ0v) is 19.1. The molecule has 0 spiro atoms. The first-order valence-electron chi connectivity index (χ1n) is 9.54. The fourth-order valence-corrected chi connectivity index (χ4v) is 3.15. The Hall–Kier alpha value is -1.68. The van der Waals surface area contributed by atoms with Crippen LogP contribution >= 0.6 is 24.0 Å². The molecule has 1 fully saturated rings. The Morgan fingerprint density at radius 3 is 2.46 bits per heavy atom. The average molecular weight is 501 g/mol. The van der Waals surface area contributed by atoms with Crippen molar-refractivity contribution in [3.63, 3.8) is 0 Å². The van der Waals surface area contributed by atoms with Crippen molar-refractivity contribution >= 4 is 35.6 Å². The van der Waals surface area contributed by atoms with Crippen molar-refractivity contribution in [2.75, 3.05) is 26.2 Å². The second-order valence-electron chi connectivity index (χ2n) is 7.47. The number of nitrogens with one attached hydrogen (secondary N) is 2. The number of nitrogens with zero attached hydrogens (tertiary/aromatic N) is 3. The molecule has 1 aliphatic rings. The molecule has 0 bridgehead atoms. The molecule has 1 aromatic rings. The quantitative estimate of drug-likeness (QED) is 0.142. The molecule has 156 valence electrons. The minimum atomic E-state index is -0.394. The van der Waals surface area contributed by atoms with Crippen molar-refractivity contribution in [3.8, 4) is 0 Å². The van der Waals surface area contributed by atoms with E-state index in [9.17, 15) is 10.1 Å². The summed E-state index contributed by atoms with van der Waals surface area (Å²) in [5.41, 5.74) is 1.06. The number of aliphatic imine (C=N–C) groups is 1. The molecule has 0 atom stereocenters. The van der Waals surface area contributed by atoms with Gasteiger partial charge in [0.05, 0.1) is 11.5 Å². The van der Waals surface area contributed by atoms with Gasteiger partial charge in [-0.2, -0.15) is 0 Å². The zero-order valence-electron chi connectivity index (χ0n) is 16.8. The summed E-state index contributed by atoms with van der Waals surface area (Å²) in [5.74, 6) is 0.721. The average Bonchev–Trinajstić information content (AvgIpc) is 2.68. The number of hydrogen-bond donors (Lipinski definition) is 2. The molecule has 8 heteroatoms. The van der Waals surface area contributed by atoms with Gasteiger partial charge in [0.1, 0.15) is 0 Å². The molecular formula is C20H32IN5O2. The fraction of sp³-hybridized carbons (Fsp3) is 0.550. The molecule has 1 aromatic carbocycles. The van der Waals surface area contributed by atoms with Crippen LogP contribution in [0.15, 0.2) is 41.9 Å². The van der Waals surface area contributed by atoms with Gasteiger partial charge in [0.25, 0.3) is 5.69 Å². The van der Waals surface area contributed by atoms with Crippen LogP contribution in [-0.4, -0.2) is 47.5 Å². The van der Waals surface area contributed by atoms with Crippen LogP contribution < -0.4 is 10.6 Å². The van der Waals surface area contributed by atoms with Crippen LogP contribution in [-0.2, 0) is 6.54 Å². The van der Waals surface area contributed by atoms with Gasteiger partial charge in [-0.05, 0) is 45.3 Å². The van der Waals surface area contributed by atoms with Gasteiger partial charge >= 0.3 is 0 Å². The van der Waals surface area contributed by atoms with Crippen LogP contribution in [0.2, 0.25) is 0 Å². The molecule has 1 aliphatic heterocycles. The van der Waals surface area contributed by atoms with Gasteiger partial charge in [-0.3, -0.25) is 15.0 Å². The normalized spacial score (nSPS) is 15.4. The summed E-state index contributed by atoms with van der Waals surface area (Å²) < 4.78 is 0. The highest BCUT2D eigenvalue weighted by molar-refractivity contribution is 14.0. The number of likely N-dealkylation sites (tertiary alicyclic amines) is 1. The highest BCUT2D eigenvalue weighted by Gasteiger charge is 2.27. The summed E-state index contributed by atoms with van der Waals surface area (Å²) in [4.78, 5) is 17.5. The molecule has 7 nitrogen and oxygen atoms in total. The van der Waals surface area contributed by atoms with E-state index in [2.05, 4.69) is 41.0 Å². The van der Waals surface area contributed by atoms with E-state index in [1.165, 1.54) is 31.4 Å². The van der Waals surface area contributed by atoms with Crippen molar-refractivity contribution in [2.45, 2.75) is 45.2 Å². The maximum Gasteiger partial charge on any atom is 0.269 e. The molecule has 0 saturated carbocycles. The van der Waals surface area contributed by atoms with Gasteiger partial charge < -0.3 is 10.6 Å². The monoisotopic (exact) mass is 501 g/mol. The van der Waals surface area contributed by atoms with Gasteiger partial charge in [-0.1, -0.05) is 24.6 Å². The molecule has 0 radical (unpaired) electrons. The lowest BCUT2D eigenvalue weighted by Crippen LogP contribution is -2.54. The van der Waals surface area contributed by atoms with Crippen molar-refractivity contribution < 1.29 is 4.92 Å². The SMILES string of the molecule is C=CCNC(=NCc1ccc([N+](=O)[O-])cc1)NCC(C)(C)N1CCCCC1.I. The predicted molar refractivity (Wildman–Crippen MR) is 125 cm³/mol. The van der Waals surface area contributed by atoms with E-state index in [0.717, 1.165) is 31.2 Å². The molecule has 0 amide bonds. The zero-order chi connectivity index (χ0) is 19.7. The molecule has 0 unspecified atom stereocenters. The van der Waals surface area contributed by atoms with Crippen molar-refractivity contribution in [3.05, 3.63) is 52.6 Å². The van der Waals surface area contributed by atoms with Gasteiger partial charge in [0.2, 0.25) is 0 Å². The van der Waals surface area contributed by atoms with Crippen LogP contribution in [0.5, 0.6) is 0 Å². The molecule has 1 saturated heterocycles. The molecule has 2 N–H and O–H groups in total. The minimum Gasteiger partial charge on any atom is -0.355 e. The number of nitro benzene ring substituents is 1. The summed E-state index contributed by atoms with van der Waals surface area (Å²) in [5, 5.41) is 17.4. The van der Waals surface area contributed by atoms with E-state index >= 15 is 0 Å². The van der Waals surface area contributed by atoms with Crippen LogP contribution in [0.1, 0.15) is 38.7 Å². The van der Waals surface area contributed by atoms with Crippen LogP contribution in [0.25, 0.3) is 0 Å². The van der Waals surface area contributed by atoms with Gasteiger partial charge in [0.15, 0.2) is 5.96 Å². The Labute approximate surface area is 184 Å². The highest BCUT2D eigenvalue weighted by Crippen LogP contribution is 2.19. The van der Waals surface area contributed by atoms with Gasteiger partial charge in [-0.15, -0.1) is 30.6 Å². The van der Waals surface area contributed by atoms with Crippen LogP contribution in [0, 0.1) is 10.1 Å². The summed E-state index contributed by atoms with van der Waals surface area (Å²) in [6.07, 6.45) is 5.64. The van der Waals surface area contributed by atoms with E-state index in [0.29, 0.717) is 13.1 Å². The molecule has 0 aromatic heterocycles. The summed E-state index contributed by atoms with van der Waals surface area (Å²) in [6.45, 7) is 12.4. The number of non-ortho nitro benzene ring substituents is 1. The third-order valence-corrected chi connectivity index (χ3v) is 4.88. The number of guanidine groups is 1. The number of piperidine rings is 1. The van der Waals surface area contributed by atoms with E-state index in [-0.39, 0.29) is 35.2 Å². The predicted octanol–water partition coefficient (Wildman–Crippen LogP) is 3.70. The van der Waals surface area contributed by atoms with Crippen molar-refractivity contribution in [1.29, 1.82) is 0 Å². The Morgan fingerprint density at radius 2 is 1.89 bits per heavy atom. The third-order valence-electron chi connectivity index (χ3n) is 4.88. The molecule has 0 aliphatic carbocycles. The lowest BCUT2D eigenvalue weighted by Gasteiger charge is -2.41. The van der Waals surface area contributed by atoms with Crippen LogP contribution in [0.3, 0.4) is 0 Å². The Balaban J connectivity index is 0.00000392. The standard InChI is InChI=1S/C20H31N5O2.HI/c1-4-12-21-19(22-15-17-8-10-18(11-9-17)25(26)27)23-16-20(2,3)24-13-6-5-7-14-24;/h4,8-11H,1,5-7,12-16H2,2-3H3,(H2,21,22,23);1H. The van der Waals surface area contributed by atoms with Gasteiger partial charge in [0, 0.05) is 30.8 Å². The second kappa shape index (κ2) is 12.0. The third kappa shape index (κ3) is 7.75. The van der Waals surface area contributed by atoms with E-state index in [1.807, 2.05) is 0 Å². The first kappa shape index (κ1) is 24.4. The van der Waals surface area contributed by atoms with Crippen molar-refractivity contribution in [1.82, 2.24) is 15.5 Å². The number of halogens is 1. The molecule has 28 heavy (non-hydrogen) atoms. The maximum atomic E-state index is 10.8. The van der Waals surface area contributed by atoms with Crippen LogP contribution in [0.4, 0.5) is 5.69 Å². The Kier molecular flexibility index (Phi) is 10.4. The topological polar surface area (TPSA) is 82.8 Å². The van der Waals surface area contributed by atoms with E-state index in [4.69, 9.17) is 0 Å². The first-order chi connectivity index (χ1) is 12.9. The van der Waals surface area contributed by atoms with Crippen molar-refractivity contribution in [2.24, 2.45) is 4.99 Å². The highest BCUT2D eigenvalue weighted by atomic mass is 127. The largest absolute Gasteiger partial charge is 0.355 e. The number of rotatable bonds is 8. The van der Waals surface area contributed by atoms with Gasteiger partial charge in [-0.25, -0.2) is 4.99 Å². The lowest BCUT2D eigenvalue weighted by molar-refractivity contribution is -0.384. The molecule has 2 rings (SSSR count). The van der Waals surface area contributed by atoms with E-state index in [1.54, 1.807) is 18.2 Å². The van der Waals surface area contributed by atoms with E-state index < -0.39 is 4.92 Å².